The van der Waals surface area contributed by atoms with Crippen molar-refractivity contribution in [2.24, 2.45) is 0 Å². The Bertz CT molecular complexity index is 548. The molecule has 0 unspecified atom stereocenters. The molecule has 0 amide bonds. The van der Waals surface area contributed by atoms with E-state index in [0.717, 1.165) is 17.0 Å². The van der Waals surface area contributed by atoms with Crippen LogP contribution in [0, 0.1) is 11.3 Å². The molecule has 0 bridgehead atoms. The van der Waals surface area contributed by atoms with Gasteiger partial charge in [-0.05, 0) is 32.0 Å². The van der Waals surface area contributed by atoms with Crippen molar-refractivity contribution in [1.82, 2.24) is 9.97 Å². The number of hydrogen-bond acceptors (Lipinski definition) is 3. The second kappa shape index (κ2) is 3.86. The number of imidazole rings is 1. The first-order valence-corrected chi connectivity index (χ1v) is 5.24. The Balaban J connectivity index is 2.48. The van der Waals surface area contributed by atoms with Crippen LogP contribution in [-0.4, -0.2) is 23.1 Å². The molecule has 2 aromatic rings. The number of H-pyrrole nitrogens is 1. The van der Waals surface area contributed by atoms with Crippen LogP contribution in [0.25, 0.3) is 11.0 Å². The zero-order valence-corrected chi connectivity index (χ0v) is 9.65. The predicted octanol–water partition coefficient (Wildman–Crippen LogP) is 2.28. The normalized spacial score (nSPS) is 10.7. The SMILES string of the molecule is CC(C)N(C)c1nc2ccc(C#N)cc2[nH]1. The first-order valence-electron chi connectivity index (χ1n) is 5.24. The first-order chi connectivity index (χ1) is 7.61. The third-order valence-electron chi connectivity index (χ3n) is 2.71. The fourth-order valence-electron chi connectivity index (χ4n) is 1.48. The molecule has 0 aliphatic heterocycles. The zero-order valence-electron chi connectivity index (χ0n) is 9.65. The lowest BCUT2D eigenvalue weighted by Gasteiger charge is -2.19. The number of anilines is 1. The highest BCUT2D eigenvalue weighted by Gasteiger charge is 2.10. The topological polar surface area (TPSA) is 55.7 Å². The minimum Gasteiger partial charge on any atom is -0.343 e. The van der Waals surface area contributed by atoms with E-state index >= 15 is 0 Å². The maximum absolute atomic E-state index is 8.81. The van der Waals surface area contributed by atoms with Crippen molar-refractivity contribution in [3.05, 3.63) is 23.8 Å². The summed E-state index contributed by atoms with van der Waals surface area (Å²) in [4.78, 5) is 9.75. The highest BCUT2D eigenvalue weighted by molar-refractivity contribution is 5.79. The van der Waals surface area contributed by atoms with Crippen molar-refractivity contribution in [2.45, 2.75) is 19.9 Å². The molecule has 0 fully saturated rings. The van der Waals surface area contributed by atoms with Crippen molar-refractivity contribution in [3.8, 4) is 6.07 Å². The van der Waals surface area contributed by atoms with Crippen LogP contribution in [0.5, 0.6) is 0 Å². The van der Waals surface area contributed by atoms with E-state index in [-0.39, 0.29) is 0 Å². The van der Waals surface area contributed by atoms with Crippen molar-refractivity contribution < 1.29 is 0 Å². The lowest BCUT2D eigenvalue weighted by molar-refractivity contribution is 0.736. The number of nitrogens with zero attached hydrogens (tertiary/aromatic N) is 3. The summed E-state index contributed by atoms with van der Waals surface area (Å²) in [5.74, 6) is 0.833. The fourth-order valence-corrected chi connectivity index (χ4v) is 1.48. The Morgan fingerprint density at radius 1 is 1.44 bits per heavy atom. The van der Waals surface area contributed by atoms with Gasteiger partial charge in [0.25, 0.3) is 0 Å². The Hall–Kier alpha value is -2.02. The summed E-state index contributed by atoms with van der Waals surface area (Å²) >= 11 is 0. The average molecular weight is 214 g/mol. The number of nitriles is 1. The van der Waals surface area contributed by atoms with Gasteiger partial charge >= 0.3 is 0 Å². The first kappa shape index (κ1) is 10.5. The summed E-state index contributed by atoms with van der Waals surface area (Å²) in [6.07, 6.45) is 0. The summed E-state index contributed by atoms with van der Waals surface area (Å²) < 4.78 is 0. The Morgan fingerprint density at radius 2 is 2.19 bits per heavy atom. The van der Waals surface area contributed by atoms with Gasteiger partial charge in [-0.1, -0.05) is 0 Å². The van der Waals surface area contributed by atoms with Gasteiger partial charge in [0.2, 0.25) is 5.95 Å². The minimum atomic E-state index is 0.385. The van der Waals surface area contributed by atoms with Crippen LogP contribution in [0.1, 0.15) is 19.4 Å². The molecule has 0 aliphatic rings. The van der Waals surface area contributed by atoms with Gasteiger partial charge in [-0.2, -0.15) is 5.26 Å². The van der Waals surface area contributed by atoms with Gasteiger partial charge in [-0.25, -0.2) is 4.98 Å². The molecule has 0 atom stereocenters. The number of aromatic nitrogens is 2. The number of aromatic amines is 1. The third kappa shape index (κ3) is 1.72. The highest BCUT2D eigenvalue weighted by atomic mass is 15.3. The molecule has 1 heterocycles. The number of hydrogen-bond donors (Lipinski definition) is 1. The summed E-state index contributed by atoms with van der Waals surface area (Å²) in [5, 5.41) is 8.81. The molecule has 0 saturated heterocycles. The lowest BCUT2D eigenvalue weighted by Crippen LogP contribution is -2.26. The van der Waals surface area contributed by atoms with Crippen molar-refractivity contribution in [1.29, 1.82) is 5.26 Å². The predicted molar refractivity (Wildman–Crippen MR) is 64.3 cm³/mol. The largest absolute Gasteiger partial charge is 0.343 e. The summed E-state index contributed by atoms with van der Waals surface area (Å²) in [6, 6.07) is 7.97. The van der Waals surface area contributed by atoms with Gasteiger partial charge < -0.3 is 9.88 Å². The highest BCUT2D eigenvalue weighted by Crippen LogP contribution is 2.18. The molecule has 1 aromatic carbocycles. The molecule has 0 radical (unpaired) electrons. The monoisotopic (exact) mass is 214 g/mol. The second-order valence-electron chi connectivity index (χ2n) is 4.11. The molecule has 82 valence electrons. The van der Waals surface area contributed by atoms with Crippen LogP contribution in [0.2, 0.25) is 0 Å². The Morgan fingerprint density at radius 3 is 2.81 bits per heavy atom. The van der Waals surface area contributed by atoms with Gasteiger partial charge in [-0.3, -0.25) is 0 Å². The van der Waals surface area contributed by atoms with E-state index in [9.17, 15) is 0 Å². The summed E-state index contributed by atoms with van der Waals surface area (Å²) in [5.41, 5.74) is 2.44. The molecular weight excluding hydrogens is 200 g/mol. The molecule has 1 aromatic heterocycles. The Labute approximate surface area is 94.5 Å². The molecule has 0 saturated carbocycles. The van der Waals surface area contributed by atoms with Crippen LogP contribution in [0.4, 0.5) is 5.95 Å². The van der Waals surface area contributed by atoms with E-state index in [4.69, 9.17) is 5.26 Å². The maximum Gasteiger partial charge on any atom is 0.203 e. The number of rotatable bonds is 2. The number of fused-ring (bicyclic) bond motifs is 1. The van der Waals surface area contributed by atoms with E-state index in [0.29, 0.717) is 11.6 Å². The van der Waals surface area contributed by atoms with Gasteiger partial charge in [0.1, 0.15) is 0 Å². The van der Waals surface area contributed by atoms with E-state index in [1.807, 2.05) is 19.2 Å². The van der Waals surface area contributed by atoms with Crippen molar-refractivity contribution >= 4 is 17.0 Å². The van der Waals surface area contributed by atoms with E-state index < -0.39 is 0 Å². The van der Waals surface area contributed by atoms with Gasteiger partial charge in [0.15, 0.2) is 0 Å². The molecule has 4 nitrogen and oxygen atoms in total. The molecule has 0 spiro atoms. The average Bonchev–Trinajstić information content (AvgIpc) is 2.69. The molecule has 2 rings (SSSR count). The van der Waals surface area contributed by atoms with Crippen LogP contribution in [-0.2, 0) is 0 Å². The van der Waals surface area contributed by atoms with E-state index in [2.05, 4.69) is 34.8 Å². The molecule has 4 heteroatoms. The fraction of sp³-hybridized carbons (Fsp3) is 0.333. The van der Waals surface area contributed by atoms with Crippen LogP contribution in [0.15, 0.2) is 18.2 Å². The second-order valence-corrected chi connectivity index (χ2v) is 4.11. The van der Waals surface area contributed by atoms with Crippen LogP contribution < -0.4 is 4.90 Å². The third-order valence-corrected chi connectivity index (χ3v) is 2.71. The van der Waals surface area contributed by atoms with Gasteiger partial charge in [0.05, 0.1) is 22.7 Å². The van der Waals surface area contributed by atoms with Crippen LogP contribution in [0.3, 0.4) is 0 Å². The van der Waals surface area contributed by atoms with Gasteiger partial charge in [-0.15, -0.1) is 0 Å². The number of nitrogens with one attached hydrogen (secondary N) is 1. The quantitative estimate of drug-likeness (QED) is 0.834. The summed E-state index contributed by atoms with van der Waals surface area (Å²) in [6.45, 7) is 4.21. The van der Waals surface area contributed by atoms with Crippen molar-refractivity contribution in [2.75, 3.05) is 11.9 Å². The lowest BCUT2D eigenvalue weighted by atomic mass is 10.2. The summed E-state index contributed by atoms with van der Waals surface area (Å²) in [7, 11) is 1.99. The molecule has 1 N–H and O–H groups in total. The minimum absolute atomic E-state index is 0.385. The van der Waals surface area contributed by atoms with E-state index in [1.165, 1.54) is 0 Å². The maximum atomic E-state index is 8.81. The Kier molecular flexibility index (Phi) is 2.53. The molecule has 0 aliphatic carbocycles. The van der Waals surface area contributed by atoms with Crippen LogP contribution >= 0.6 is 0 Å². The zero-order chi connectivity index (χ0) is 11.7. The standard InChI is InChI=1S/C12H14N4/c1-8(2)16(3)12-14-10-5-4-9(7-13)6-11(10)15-12/h4-6,8H,1-3H3,(H,14,15). The molecular formula is C12H14N4. The molecule has 16 heavy (non-hydrogen) atoms. The van der Waals surface area contributed by atoms with Crippen molar-refractivity contribution in [3.63, 3.8) is 0 Å². The van der Waals surface area contributed by atoms with E-state index in [1.54, 1.807) is 6.07 Å². The number of benzene rings is 1. The smallest absolute Gasteiger partial charge is 0.203 e. The van der Waals surface area contributed by atoms with Gasteiger partial charge in [0, 0.05) is 13.1 Å².